The van der Waals surface area contributed by atoms with Crippen LogP contribution in [0.5, 0.6) is 5.75 Å². The van der Waals surface area contributed by atoms with Gasteiger partial charge in [0.15, 0.2) is 0 Å². The summed E-state index contributed by atoms with van der Waals surface area (Å²) < 4.78 is 24.5. The summed E-state index contributed by atoms with van der Waals surface area (Å²) in [5.74, 6) is 0.516. The highest BCUT2D eigenvalue weighted by Crippen LogP contribution is 2.65. The van der Waals surface area contributed by atoms with E-state index in [1.165, 1.54) is 0 Å². The minimum atomic E-state index is -0.629. The van der Waals surface area contributed by atoms with Crippen LogP contribution in [-0.4, -0.2) is 54.7 Å². The van der Waals surface area contributed by atoms with E-state index in [1.807, 2.05) is 32.9 Å². The first-order chi connectivity index (χ1) is 16.8. The Morgan fingerprint density at radius 1 is 1.25 bits per heavy atom. The minimum Gasteiger partial charge on any atom is -0.496 e. The second kappa shape index (κ2) is 9.95. The maximum absolute atomic E-state index is 12.9. The van der Waals surface area contributed by atoms with Crippen molar-refractivity contribution in [3.8, 4) is 5.75 Å². The van der Waals surface area contributed by atoms with Crippen molar-refractivity contribution < 1.29 is 28.4 Å². The number of esters is 1. The summed E-state index contributed by atoms with van der Waals surface area (Å²) in [4.78, 5) is 25.6. The number of alkyl halides is 1. The lowest BCUT2D eigenvalue weighted by atomic mass is 9.43. The Bertz CT molecular complexity index is 1010. The molecule has 1 aromatic rings. The summed E-state index contributed by atoms with van der Waals surface area (Å²) >= 11 is 3.35. The molecule has 36 heavy (non-hydrogen) atoms. The number of ether oxygens (including phenoxy) is 2. The van der Waals surface area contributed by atoms with E-state index < -0.39 is 24.6 Å². The van der Waals surface area contributed by atoms with Gasteiger partial charge >= 0.3 is 13.1 Å². The van der Waals surface area contributed by atoms with Crippen molar-refractivity contribution in [1.29, 1.82) is 0 Å². The van der Waals surface area contributed by atoms with E-state index in [0.717, 1.165) is 18.4 Å². The number of para-hydroxylation sites is 1. The molecule has 1 heterocycles. The van der Waals surface area contributed by atoms with Crippen molar-refractivity contribution in [3.05, 3.63) is 29.3 Å². The Kier molecular flexibility index (Phi) is 7.59. The van der Waals surface area contributed by atoms with Crippen LogP contribution in [0.3, 0.4) is 0 Å². The van der Waals surface area contributed by atoms with Crippen molar-refractivity contribution in [2.45, 2.75) is 90.5 Å². The number of nitrogens with one attached hydrogen (secondary N) is 1. The number of hydrogen-bond acceptors (Lipinski definition) is 6. The zero-order valence-electron chi connectivity index (χ0n) is 22.5. The maximum atomic E-state index is 12.9. The molecule has 1 saturated heterocycles. The lowest BCUT2D eigenvalue weighted by Gasteiger charge is -2.64. The average Bonchev–Trinajstić information content (AvgIpc) is 3.14. The Labute approximate surface area is 223 Å². The molecule has 9 heteroatoms. The van der Waals surface area contributed by atoms with Gasteiger partial charge in [-0.05, 0) is 75.8 Å². The molecule has 5 atom stereocenters. The van der Waals surface area contributed by atoms with Gasteiger partial charge < -0.3 is 24.1 Å². The molecule has 0 spiro atoms. The number of methoxy groups -OCH3 is 1. The van der Waals surface area contributed by atoms with Gasteiger partial charge in [-0.15, -0.1) is 0 Å². The largest absolute Gasteiger partial charge is 0.496 e. The first kappa shape index (κ1) is 27.5. The highest BCUT2D eigenvalue weighted by molar-refractivity contribution is 9.09. The van der Waals surface area contributed by atoms with E-state index in [2.05, 4.69) is 42.0 Å². The molecular weight excluding hydrogens is 525 g/mol. The monoisotopic (exact) mass is 563 g/mol. The van der Waals surface area contributed by atoms with Crippen molar-refractivity contribution >= 4 is 34.9 Å². The van der Waals surface area contributed by atoms with Gasteiger partial charge in [-0.25, -0.2) is 4.79 Å². The number of hydrogen-bond donors (Lipinski definition) is 1. The van der Waals surface area contributed by atoms with Gasteiger partial charge in [-0.2, -0.15) is 0 Å². The molecule has 3 aliphatic carbocycles. The normalized spacial score (nSPS) is 29.1. The van der Waals surface area contributed by atoms with E-state index in [1.54, 1.807) is 13.2 Å². The smallest absolute Gasteiger partial charge is 0.482 e. The van der Waals surface area contributed by atoms with Gasteiger partial charge in [-0.3, -0.25) is 4.79 Å². The lowest BCUT2D eigenvalue weighted by Crippen LogP contribution is -2.65. The first-order valence-electron chi connectivity index (χ1n) is 12.9. The summed E-state index contributed by atoms with van der Waals surface area (Å²) in [6.07, 6.45) is 2.86. The molecule has 2 bridgehead atoms. The Hall–Kier alpha value is -1.58. The quantitative estimate of drug-likeness (QED) is 0.280. The van der Waals surface area contributed by atoms with Crippen LogP contribution in [0.2, 0.25) is 0 Å². The van der Waals surface area contributed by atoms with Crippen LogP contribution >= 0.6 is 15.9 Å². The lowest BCUT2D eigenvalue weighted by molar-refractivity contribution is -0.199. The van der Waals surface area contributed by atoms with E-state index in [4.69, 9.17) is 18.8 Å². The predicted molar refractivity (Wildman–Crippen MR) is 142 cm³/mol. The molecular formula is C27H39BBrNO6. The van der Waals surface area contributed by atoms with Crippen LogP contribution in [0.15, 0.2) is 18.2 Å². The number of amides is 1. The predicted octanol–water partition coefficient (Wildman–Crippen LogP) is 4.73. The molecule has 1 N–H and O–H groups in total. The van der Waals surface area contributed by atoms with Crippen LogP contribution in [-0.2, 0) is 25.3 Å². The summed E-state index contributed by atoms with van der Waals surface area (Å²) in [5.41, 5.74) is 0.344. The number of carbonyl (C=O) groups excluding carboxylic acids is 2. The minimum absolute atomic E-state index is 0.00449. The molecule has 5 rings (SSSR count). The fraction of sp³-hybridized carbons (Fsp3) is 0.704. The Morgan fingerprint density at radius 3 is 2.58 bits per heavy atom. The topological polar surface area (TPSA) is 83.1 Å². The highest BCUT2D eigenvalue weighted by atomic mass is 79.9. The fourth-order valence-electron chi connectivity index (χ4n) is 6.37. The van der Waals surface area contributed by atoms with E-state index in [0.29, 0.717) is 41.3 Å². The zero-order valence-corrected chi connectivity index (χ0v) is 24.1. The highest BCUT2D eigenvalue weighted by Gasteiger charge is 2.68. The van der Waals surface area contributed by atoms with Gasteiger partial charge in [0.1, 0.15) is 16.9 Å². The molecule has 1 aliphatic heterocycles. The van der Waals surface area contributed by atoms with E-state index >= 15 is 0 Å². The van der Waals surface area contributed by atoms with Crippen molar-refractivity contribution in [3.63, 3.8) is 0 Å². The molecule has 0 aromatic heterocycles. The molecule has 3 saturated carbocycles. The van der Waals surface area contributed by atoms with Gasteiger partial charge in [0.2, 0.25) is 5.91 Å². The first-order valence-corrected chi connectivity index (χ1v) is 14.0. The van der Waals surface area contributed by atoms with Crippen molar-refractivity contribution in [2.24, 2.45) is 17.3 Å². The van der Waals surface area contributed by atoms with Crippen LogP contribution in [0.25, 0.3) is 0 Å². The van der Waals surface area contributed by atoms with Crippen molar-refractivity contribution in [1.82, 2.24) is 5.32 Å². The van der Waals surface area contributed by atoms with Crippen LogP contribution in [0.1, 0.15) is 76.7 Å². The molecule has 7 nitrogen and oxygen atoms in total. The summed E-state index contributed by atoms with van der Waals surface area (Å²) in [7, 11) is 0.947. The summed E-state index contributed by atoms with van der Waals surface area (Å²) in [5, 5.41) is 3.70. The van der Waals surface area contributed by atoms with Crippen LogP contribution < -0.4 is 10.1 Å². The van der Waals surface area contributed by atoms with Gasteiger partial charge in [0, 0.05) is 11.8 Å². The second-order valence-corrected chi connectivity index (χ2v) is 12.9. The second-order valence-electron chi connectivity index (χ2n) is 12.2. The van der Waals surface area contributed by atoms with E-state index in [-0.39, 0.29) is 23.0 Å². The molecule has 1 aromatic carbocycles. The van der Waals surface area contributed by atoms with Crippen LogP contribution in [0.4, 0.5) is 0 Å². The number of carbonyl (C=O) groups is 2. The Morgan fingerprint density at radius 2 is 1.97 bits per heavy atom. The van der Waals surface area contributed by atoms with Crippen LogP contribution in [0, 0.1) is 17.3 Å². The van der Waals surface area contributed by atoms with Gasteiger partial charge in [0.25, 0.3) is 0 Å². The van der Waals surface area contributed by atoms with E-state index in [9.17, 15) is 9.59 Å². The number of benzene rings is 1. The summed E-state index contributed by atoms with van der Waals surface area (Å²) in [6, 6.07) is 5.41. The molecule has 4 fully saturated rings. The average molecular weight is 564 g/mol. The number of rotatable bonds is 8. The SMILES string of the molecule is COc1c(CC(NC(=O)CCBr)B2OC3CC4CC(C4(C)C)C3(C)O2)cccc1C(=O)OC(C)(C)C. The molecule has 198 valence electrons. The number of halogens is 1. The molecule has 1 amide bonds. The zero-order chi connectivity index (χ0) is 26.5. The third-order valence-corrected chi connectivity index (χ3v) is 8.72. The molecule has 0 radical (unpaired) electrons. The summed E-state index contributed by atoms with van der Waals surface area (Å²) in [6.45, 7) is 12.3. The Balaban J connectivity index is 1.61. The molecule has 5 unspecified atom stereocenters. The van der Waals surface area contributed by atoms with Gasteiger partial charge in [-0.1, -0.05) is 41.9 Å². The maximum Gasteiger partial charge on any atom is 0.482 e. The van der Waals surface area contributed by atoms with Crippen molar-refractivity contribution in [2.75, 3.05) is 12.4 Å². The third-order valence-electron chi connectivity index (χ3n) is 8.32. The fourth-order valence-corrected chi connectivity index (χ4v) is 6.73. The molecule has 4 aliphatic rings. The third kappa shape index (κ3) is 5.08. The standard InChI is InChI=1S/C27H39BBrNO6/c1-25(2,3)34-24(32)18-10-8-9-16(23(18)33-7)13-21(30-22(31)11-12-29)28-35-20-15-17-14-19(26(17,4)5)27(20,6)36-28/h8-10,17,19-21H,11-15H2,1-7H3,(H,30,31). The van der Waals surface area contributed by atoms with Gasteiger partial charge in [0.05, 0.1) is 24.8 Å².